The van der Waals surface area contributed by atoms with Gasteiger partial charge in [0.15, 0.2) is 0 Å². The van der Waals surface area contributed by atoms with E-state index in [1.54, 1.807) is 0 Å². The van der Waals surface area contributed by atoms with Gasteiger partial charge in [0.25, 0.3) is 0 Å². The van der Waals surface area contributed by atoms with E-state index in [0.717, 1.165) is 0 Å². The molecule has 2 aliphatic rings. The van der Waals surface area contributed by atoms with Gasteiger partial charge in [-0.1, -0.05) is 135 Å². The minimum absolute atomic E-state index is 0.00927. The first kappa shape index (κ1) is 20.7. The van der Waals surface area contributed by atoms with Crippen molar-refractivity contribution in [3.05, 3.63) is 132 Å². The van der Waals surface area contributed by atoms with Crippen molar-refractivity contribution >= 4 is 10.8 Å². The molecule has 0 heteroatoms. The summed E-state index contributed by atoms with van der Waals surface area (Å²) in [6.45, 7) is 4.71. The van der Waals surface area contributed by atoms with Crippen molar-refractivity contribution in [2.75, 3.05) is 0 Å². The second-order valence-electron chi connectivity index (χ2n) is 10.9. The van der Waals surface area contributed by atoms with Crippen molar-refractivity contribution in [3.63, 3.8) is 0 Å². The van der Waals surface area contributed by atoms with Crippen molar-refractivity contribution in [2.45, 2.75) is 19.3 Å². The highest BCUT2D eigenvalue weighted by Crippen LogP contribution is 2.54. The van der Waals surface area contributed by atoms with Crippen LogP contribution in [0, 0.1) is 0 Å². The molecule has 0 bridgehead atoms. The first-order valence-corrected chi connectivity index (χ1v) is 13.1. The molecule has 37 heavy (non-hydrogen) atoms. The van der Waals surface area contributed by atoms with E-state index < -0.39 is 0 Å². The zero-order valence-electron chi connectivity index (χ0n) is 21.0. The second-order valence-corrected chi connectivity index (χ2v) is 10.9. The molecule has 6 aromatic rings. The molecular weight excluding hydrogens is 444 g/mol. The summed E-state index contributed by atoms with van der Waals surface area (Å²) in [5.74, 6) is 0. The van der Waals surface area contributed by atoms with Crippen molar-refractivity contribution < 1.29 is 0 Å². The van der Waals surface area contributed by atoms with Crippen molar-refractivity contribution in [1.82, 2.24) is 0 Å². The quantitative estimate of drug-likeness (QED) is 0.236. The van der Waals surface area contributed by atoms with Gasteiger partial charge in [-0.25, -0.2) is 0 Å². The fourth-order valence-corrected chi connectivity index (χ4v) is 6.98. The van der Waals surface area contributed by atoms with Crippen molar-refractivity contribution in [2.24, 2.45) is 0 Å². The Labute approximate surface area is 217 Å². The highest BCUT2D eigenvalue weighted by molar-refractivity contribution is 6.19. The lowest BCUT2D eigenvalue weighted by Crippen LogP contribution is -2.14. The fourth-order valence-electron chi connectivity index (χ4n) is 6.98. The highest BCUT2D eigenvalue weighted by atomic mass is 14.4. The van der Waals surface area contributed by atoms with Gasteiger partial charge >= 0.3 is 0 Å². The number of benzene rings is 6. The van der Waals surface area contributed by atoms with E-state index in [2.05, 4.69) is 135 Å². The molecule has 0 aliphatic heterocycles. The third-order valence-electron chi connectivity index (χ3n) is 8.66. The van der Waals surface area contributed by atoms with Crippen LogP contribution in [-0.2, 0) is 5.41 Å². The first-order chi connectivity index (χ1) is 18.1. The predicted octanol–water partition coefficient (Wildman–Crippen LogP) is 10.1. The van der Waals surface area contributed by atoms with Gasteiger partial charge in [-0.05, 0) is 77.5 Å². The summed E-state index contributed by atoms with van der Waals surface area (Å²) in [4.78, 5) is 0. The normalized spacial score (nSPS) is 13.9. The van der Waals surface area contributed by atoms with Gasteiger partial charge < -0.3 is 0 Å². The van der Waals surface area contributed by atoms with E-state index in [1.807, 2.05) is 0 Å². The maximum absolute atomic E-state index is 2.36. The Hall–Kier alpha value is -4.42. The third kappa shape index (κ3) is 2.68. The maximum Gasteiger partial charge on any atom is 0.0159 e. The summed E-state index contributed by atoms with van der Waals surface area (Å²) in [5, 5.41) is 2.70. The van der Waals surface area contributed by atoms with Crippen LogP contribution in [0.15, 0.2) is 121 Å². The van der Waals surface area contributed by atoms with Gasteiger partial charge in [0.05, 0.1) is 0 Å². The SMILES string of the molecule is CC1(C)c2ccccc2-c2c(-c3ccccc3-c3ccc4c5c(cccc35)-c3ccccc3-4)cccc21. The molecule has 2 aliphatic carbocycles. The summed E-state index contributed by atoms with van der Waals surface area (Å²) >= 11 is 0. The number of hydrogen-bond donors (Lipinski definition) is 0. The van der Waals surface area contributed by atoms with Crippen LogP contribution in [0.25, 0.3) is 66.4 Å². The fraction of sp³-hybridized carbons (Fsp3) is 0.0811. The van der Waals surface area contributed by atoms with E-state index in [9.17, 15) is 0 Å². The largest absolute Gasteiger partial charge is 0.0619 e. The zero-order valence-corrected chi connectivity index (χ0v) is 21.0. The lowest BCUT2D eigenvalue weighted by molar-refractivity contribution is 0.660. The Morgan fingerprint density at radius 1 is 0.351 bits per heavy atom. The van der Waals surface area contributed by atoms with Crippen LogP contribution in [0.1, 0.15) is 25.0 Å². The summed E-state index contributed by atoms with van der Waals surface area (Å²) in [6, 6.07) is 45.0. The molecule has 0 spiro atoms. The first-order valence-electron chi connectivity index (χ1n) is 13.1. The van der Waals surface area contributed by atoms with Crippen LogP contribution in [-0.4, -0.2) is 0 Å². The van der Waals surface area contributed by atoms with E-state index >= 15 is 0 Å². The minimum atomic E-state index is -0.00927. The molecule has 0 heterocycles. The molecule has 0 nitrogen and oxygen atoms in total. The number of hydrogen-bond acceptors (Lipinski definition) is 0. The van der Waals surface area contributed by atoms with Gasteiger partial charge in [-0.15, -0.1) is 0 Å². The van der Waals surface area contributed by atoms with E-state index in [0.29, 0.717) is 0 Å². The summed E-state index contributed by atoms with van der Waals surface area (Å²) < 4.78 is 0. The van der Waals surface area contributed by atoms with Crippen LogP contribution in [0.4, 0.5) is 0 Å². The Morgan fingerprint density at radius 2 is 0.811 bits per heavy atom. The number of fused-ring (bicyclic) bond motifs is 6. The van der Waals surface area contributed by atoms with Crippen LogP contribution < -0.4 is 0 Å². The summed E-state index contributed by atoms with van der Waals surface area (Å²) in [5.41, 5.74) is 16.1. The van der Waals surface area contributed by atoms with Crippen LogP contribution in [0.5, 0.6) is 0 Å². The van der Waals surface area contributed by atoms with Gasteiger partial charge in [0, 0.05) is 5.41 Å². The zero-order chi connectivity index (χ0) is 24.7. The predicted molar refractivity (Wildman–Crippen MR) is 157 cm³/mol. The molecule has 174 valence electrons. The summed E-state index contributed by atoms with van der Waals surface area (Å²) in [6.07, 6.45) is 0. The van der Waals surface area contributed by atoms with Crippen molar-refractivity contribution in [3.8, 4) is 55.6 Å². The molecule has 8 rings (SSSR count). The molecule has 6 aromatic carbocycles. The molecule has 0 saturated heterocycles. The Morgan fingerprint density at radius 3 is 1.54 bits per heavy atom. The topological polar surface area (TPSA) is 0 Å². The maximum atomic E-state index is 2.36. The van der Waals surface area contributed by atoms with E-state index in [-0.39, 0.29) is 5.41 Å². The molecule has 0 radical (unpaired) electrons. The lowest BCUT2D eigenvalue weighted by atomic mass is 9.81. The average molecular weight is 471 g/mol. The highest BCUT2D eigenvalue weighted by Gasteiger charge is 2.36. The van der Waals surface area contributed by atoms with Crippen LogP contribution >= 0.6 is 0 Å². The second kappa shape index (κ2) is 7.31. The van der Waals surface area contributed by atoms with Gasteiger partial charge in [0.2, 0.25) is 0 Å². The lowest BCUT2D eigenvalue weighted by Gasteiger charge is -2.22. The third-order valence-corrected chi connectivity index (χ3v) is 8.66. The molecule has 0 atom stereocenters. The molecule has 0 fully saturated rings. The number of rotatable bonds is 2. The molecule has 0 N–H and O–H groups in total. The smallest absolute Gasteiger partial charge is 0.0159 e. The summed E-state index contributed by atoms with van der Waals surface area (Å²) in [7, 11) is 0. The van der Waals surface area contributed by atoms with Gasteiger partial charge in [-0.3, -0.25) is 0 Å². The Bertz CT molecular complexity index is 1870. The van der Waals surface area contributed by atoms with E-state index in [1.165, 1.54) is 77.5 Å². The van der Waals surface area contributed by atoms with Crippen LogP contribution in [0.2, 0.25) is 0 Å². The van der Waals surface area contributed by atoms with Gasteiger partial charge in [0.1, 0.15) is 0 Å². The average Bonchev–Trinajstić information content (AvgIpc) is 3.40. The molecular formula is C37H26. The molecule has 0 unspecified atom stereocenters. The molecule has 0 aromatic heterocycles. The Balaban J connectivity index is 1.41. The monoisotopic (exact) mass is 470 g/mol. The Kier molecular flexibility index (Phi) is 4.10. The van der Waals surface area contributed by atoms with E-state index in [4.69, 9.17) is 0 Å². The van der Waals surface area contributed by atoms with Crippen molar-refractivity contribution in [1.29, 1.82) is 0 Å². The van der Waals surface area contributed by atoms with Crippen LogP contribution in [0.3, 0.4) is 0 Å². The molecule has 0 saturated carbocycles. The van der Waals surface area contributed by atoms with Gasteiger partial charge in [-0.2, -0.15) is 0 Å². The minimum Gasteiger partial charge on any atom is -0.0619 e. The standard InChI is InChI=1S/C37H26/c1-37(2)33-19-8-7-15-32(33)36-30(18-10-20-34(36)37)24-12-4-3-11-23(24)27-21-22-31-26-14-6-5-13-25(26)28-16-9-17-29(27)35(28)31/h3-22H,1-2H3. The molecule has 0 amide bonds.